The molecule has 0 aromatic heterocycles. The van der Waals surface area contributed by atoms with E-state index in [2.05, 4.69) is 40.7 Å². The minimum atomic E-state index is -0.0766. The normalized spacial score (nSPS) is 44.9. The Morgan fingerprint density at radius 1 is 1.00 bits per heavy atom. The second-order valence-electron chi connectivity index (χ2n) is 12.2. The summed E-state index contributed by atoms with van der Waals surface area (Å²) in [5.41, 5.74) is 2.60. The molecular formula is C27H47KO. The summed E-state index contributed by atoms with van der Waals surface area (Å²) in [5, 5.41) is 10.2. The summed E-state index contributed by atoms with van der Waals surface area (Å²) in [5.74, 6) is 5.46. The van der Waals surface area contributed by atoms with Crippen molar-refractivity contribution in [2.24, 2.45) is 46.3 Å². The molecule has 0 saturated heterocycles. The van der Waals surface area contributed by atoms with Crippen molar-refractivity contribution in [2.75, 3.05) is 0 Å². The Labute approximate surface area is 223 Å². The monoisotopic (exact) mass is 426 g/mol. The van der Waals surface area contributed by atoms with Crippen LogP contribution in [0, 0.1) is 46.3 Å². The Bertz CT molecular complexity index is 597. The molecule has 3 saturated carbocycles. The van der Waals surface area contributed by atoms with Crippen LogP contribution in [0.3, 0.4) is 0 Å². The molecule has 2 unspecified atom stereocenters. The van der Waals surface area contributed by atoms with E-state index < -0.39 is 0 Å². The fourth-order valence-corrected chi connectivity index (χ4v) is 8.67. The van der Waals surface area contributed by atoms with Crippen LogP contribution < -0.4 is 0 Å². The zero-order valence-corrected chi connectivity index (χ0v) is 19.3. The van der Waals surface area contributed by atoms with E-state index in [0.29, 0.717) is 10.8 Å². The fraction of sp³-hybridized carbons (Fsp3) is 0.926. The second-order valence-corrected chi connectivity index (χ2v) is 12.2. The molecule has 0 radical (unpaired) electrons. The minimum absolute atomic E-state index is 0. The van der Waals surface area contributed by atoms with Crippen molar-refractivity contribution in [1.82, 2.24) is 0 Å². The van der Waals surface area contributed by atoms with E-state index in [4.69, 9.17) is 0 Å². The molecule has 1 nitrogen and oxygen atoms in total. The molecule has 3 fully saturated rings. The molecule has 8 atom stereocenters. The SMILES string of the molecule is CC(C)CCC[C@@H](C)[C@H]1CCC2[C@H]3CC=C4CC(O)CC[C@]4(C)[C@@H]3CC[C@@]21C.[KH]. The second kappa shape index (κ2) is 9.68. The molecule has 0 aromatic carbocycles. The van der Waals surface area contributed by atoms with Crippen molar-refractivity contribution >= 4 is 51.4 Å². The van der Waals surface area contributed by atoms with Gasteiger partial charge in [0.05, 0.1) is 6.10 Å². The average Bonchev–Trinajstić information content (AvgIpc) is 2.99. The van der Waals surface area contributed by atoms with Crippen molar-refractivity contribution in [1.29, 1.82) is 0 Å². The van der Waals surface area contributed by atoms with Gasteiger partial charge in [-0.25, -0.2) is 0 Å². The summed E-state index contributed by atoms with van der Waals surface area (Å²) in [4.78, 5) is 0. The topological polar surface area (TPSA) is 20.2 Å². The zero-order chi connectivity index (χ0) is 20.1. The standard InChI is InChI=1S/C27H46O.K.H/c1-18(2)7-6-8-19(3)23-11-12-24-22-10-9-20-17-21(28)13-15-26(20,4)25(22)14-16-27(23,24)5;;/h9,18-19,21-25,28H,6-8,10-17H2,1-5H3;;/t19-,21?,22-,23-,24?,25-,26+,27-;;/m1../s1. The summed E-state index contributed by atoms with van der Waals surface area (Å²) in [7, 11) is 0. The van der Waals surface area contributed by atoms with Gasteiger partial charge in [-0.1, -0.05) is 65.5 Å². The molecule has 162 valence electrons. The Morgan fingerprint density at radius 3 is 2.48 bits per heavy atom. The Balaban J connectivity index is 0.00000240. The summed E-state index contributed by atoms with van der Waals surface area (Å²) in [6.45, 7) is 12.6. The van der Waals surface area contributed by atoms with Crippen molar-refractivity contribution in [2.45, 2.75) is 111 Å². The van der Waals surface area contributed by atoms with Gasteiger partial charge in [-0.05, 0) is 97.7 Å². The number of fused-ring (bicyclic) bond motifs is 5. The third-order valence-electron chi connectivity index (χ3n) is 10.3. The van der Waals surface area contributed by atoms with Crippen LogP contribution in [-0.2, 0) is 0 Å². The third kappa shape index (κ3) is 4.56. The molecule has 0 amide bonds. The molecule has 0 aromatic rings. The molecule has 0 aliphatic heterocycles. The number of hydrogen-bond acceptors (Lipinski definition) is 1. The molecule has 0 heterocycles. The van der Waals surface area contributed by atoms with Gasteiger partial charge in [-0.15, -0.1) is 0 Å². The number of aliphatic hydroxyl groups excluding tert-OH is 1. The first-order valence-electron chi connectivity index (χ1n) is 12.6. The van der Waals surface area contributed by atoms with Crippen LogP contribution in [0.25, 0.3) is 0 Å². The number of aliphatic hydroxyl groups is 1. The summed E-state index contributed by atoms with van der Waals surface area (Å²) in [6, 6.07) is 0. The van der Waals surface area contributed by atoms with Crippen molar-refractivity contribution in [3.05, 3.63) is 11.6 Å². The zero-order valence-electron chi connectivity index (χ0n) is 19.3. The number of rotatable bonds is 5. The van der Waals surface area contributed by atoms with Gasteiger partial charge in [0.1, 0.15) is 0 Å². The quantitative estimate of drug-likeness (QED) is 0.381. The molecule has 29 heavy (non-hydrogen) atoms. The van der Waals surface area contributed by atoms with Gasteiger partial charge >= 0.3 is 51.4 Å². The first kappa shape index (κ1) is 25.0. The number of hydrogen-bond donors (Lipinski definition) is 1. The maximum absolute atomic E-state index is 10.2. The van der Waals surface area contributed by atoms with Crippen molar-refractivity contribution < 1.29 is 5.11 Å². The third-order valence-corrected chi connectivity index (χ3v) is 10.3. The van der Waals surface area contributed by atoms with E-state index in [1.165, 1.54) is 57.8 Å². The molecule has 1 N–H and O–H groups in total. The number of allylic oxidation sites excluding steroid dienone is 1. The summed E-state index contributed by atoms with van der Waals surface area (Å²) in [6.07, 6.45) is 17.2. The van der Waals surface area contributed by atoms with Crippen LogP contribution in [0.5, 0.6) is 0 Å². The molecule has 0 spiro atoms. The molecule has 4 aliphatic carbocycles. The van der Waals surface area contributed by atoms with Gasteiger partial charge in [0.15, 0.2) is 0 Å². The molecule has 0 bridgehead atoms. The van der Waals surface area contributed by atoms with Gasteiger partial charge in [-0.2, -0.15) is 0 Å². The van der Waals surface area contributed by atoms with Gasteiger partial charge in [0.25, 0.3) is 0 Å². The van der Waals surface area contributed by atoms with Gasteiger partial charge in [0.2, 0.25) is 0 Å². The van der Waals surface area contributed by atoms with E-state index in [9.17, 15) is 5.11 Å². The van der Waals surface area contributed by atoms with E-state index in [0.717, 1.165) is 48.3 Å². The first-order chi connectivity index (χ1) is 13.3. The Hall–Kier alpha value is 1.34. The first-order valence-corrected chi connectivity index (χ1v) is 12.6. The van der Waals surface area contributed by atoms with Crippen LogP contribution in [0.2, 0.25) is 0 Å². The molecule has 4 aliphatic rings. The van der Waals surface area contributed by atoms with Gasteiger partial charge < -0.3 is 5.11 Å². The Morgan fingerprint density at radius 2 is 1.76 bits per heavy atom. The van der Waals surface area contributed by atoms with Gasteiger partial charge in [0, 0.05) is 0 Å². The van der Waals surface area contributed by atoms with Crippen LogP contribution in [0.4, 0.5) is 0 Å². The molecular weight excluding hydrogens is 379 g/mol. The van der Waals surface area contributed by atoms with Crippen LogP contribution >= 0.6 is 0 Å². The average molecular weight is 427 g/mol. The fourth-order valence-electron chi connectivity index (χ4n) is 8.67. The Kier molecular flexibility index (Phi) is 8.33. The van der Waals surface area contributed by atoms with Crippen LogP contribution in [0.1, 0.15) is 105 Å². The van der Waals surface area contributed by atoms with E-state index in [1.807, 2.05) is 0 Å². The van der Waals surface area contributed by atoms with E-state index >= 15 is 0 Å². The summed E-state index contributed by atoms with van der Waals surface area (Å²) >= 11 is 0. The van der Waals surface area contributed by atoms with Gasteiger partial charge in [-0.3, -0.25) is 0 Å². The predicted octanol–water partition coefficient (Wildman–Crippen LogP) is 6.74. The van der Waals surface area contributed by atoms with E-state index in [1.54, 1.807) is 5.57 Å². The predicted molar refractivity (Wildman–Crippen MR) is 126 cm³/mol. The van der Waals surface area contributed by atoms with Crippen molar-refractivity contribution in [3.63, 3.8) is 0 Å². The van der Waals surface area contributed by atoms with E-state index in [-0.39, 0.29) is 57.5 Å². The molecule has 4 rings (SSSR count). The maximum atomic E-state index is 10.2. The van der Waals surface area contributed by atoms with Crippen LogP contribution in [0.15, 0.2) is 11.6 Å². The van der Waals surface area contributed by atoms with Crippen LogP contribution in [-0.4, -0.2) is 62.6 Å². The molecule has 2 heteroatoms. The van der Waals surface area contributed by atoms with Crippen molar-refractivity contribution in [3.8, 4) is 0 Å². The summed E-state index contributed by atoms with van der Waals surface area (Å²) < 4.78 is 0.